The van der Waals surface area contributed by atoms with Gasteiger partial charge in [0.25, 0.3) is 0 Å². The van der Waals surface area contributed by atoms with E-state index in [2.05, 4.69) is 24.3 Å². The van der Waals surface area contributed by atoms with Crippen molar-refractivity contribution < 1.29 is 4.74 Å². The van der Waals surface area contributed by atoms with Gasteiger partial charge >= 0.3 is 0 Å². The highest BCUT2D eigenvalue weighted by atomic mass is 16.5. The van der Waals surface area contributed by atoms with Crippen LogP contribution in [-0.2, 0) is 4.74 Å². The van der Waals surface area contributed by atoms with Crippen molar-refractivity contribution >= 4 is 0 Å². The van der Waals surface area contributed by atoms with Gasteiger partial charge < -0.3 is 4.74 Å². The third-order valence-corrected chi connectivity index (χ3v) is 6.88. The van der Waals surface area contributed by atoms with Crippen LogP contribution in [0.25, 0.3) is 0 Å². The van der Waals surface area contributed by atoms with Gasteiger partial charge in [-0.2, -0.15) is 10.5 Å². The van der Waals surface area contributed by atoms with E-state index in [0.717, 1.165) is 24.5 Å². The van der Waals surface area contributed by atoms with E-state index in [9.17, 15) is 0 Å². The Balaban J connectivity index is 1.28. The van der Waals surface area contributed by atoms with Gasteiger partial charge in [-0.3, -0.25) is 0 Å². The molecule has 0 spiro atoms. The minimum atomic E-state index is 0.464. The molecular weight excluding hydrogens is 368 g/mol. The molecule has 1 aromatic carbocycles. The van der Waals surface area contributed by atoms with Gasteiger partial charge in [-0.15, -0.1) is 0 Å². The predicted molar refractivity (Wildman–Crippen MR) is 121 cm³/mol. The second-order valence-corrected chi connectivity index (χ2v) is 8.92. The first-order valence-electron chi connectivity index (χ1n) is 11.6. The molecule has 0 aliphatic heterocycles. The van der Waals surface area contributed by atoms with E-state index in [1.807, 2.05) is 30.4 Å². The Labute approximate surface area is 182 Å². The maximum Gasteiger partial charge on any atom is 0.0991 e. The van der Waals surface area contributed by atoms with Crippen LogP contribution < -0.4 is 0 Å². The van der Waals surface area contributed by atoms with E-state index in [1.54, 1.807) is 0 Å². The Morgan fingerprint density at radius 3 is 2.23 bits per heavy atom. The van der Waals surface area contributed by atoms with Crippen LogP contribution in [0.2, 0.25) is 0 Å². The molecule has 0 aromatic heterocycles. The zero-order valence-electron chi connectivity index (χ0n) is 18.0. The fourth-order valence-electron chi connectivity index (χ4n) is 4.96. The van der Waals surface area contributed by atoms with Crippen LogP contribution in [0, 0.1) is 34.5 Å². The van der Waals surface area contributed by atoms with Crippen LogP contribution in [0.1, 0.15) is 81.3 Å². The topological polar surface area (TPSA) is 56.8 Å². The lowest BCUT2D eigenvalue weighted by molar-refractivity contribution is -0.00824. The van der Waals surface area contributed by atoms with E-state index in [4.69, 9.17) is 15.3 Å². The average molecular weight is 403 g/mol. The summed E-state index contributed by atoms with van der Waals surface area (Å²) in [6.45, 7) is 0.934. The minimum Gasteiger partial charge on any atom is -0.378 e. The normalized spacial score (nSPS) is 27.1. The molecule has 3 nitrogen and oxygen atoms in total. The zero-order valence-corrected chi connectivity index (χ0v) is 18.0. The molecule has 2 fully saturated rings. The quantitative estimate of drug-likeness (QED) is 0.354. The Kier molecular flexibility index (Phi) is 9.20. The van der Waals surface area contributed by atoms with Gasteiger partial charge in [-0.05, 0) is 99.7 Å². The molecule has 30 heavy (non-hydrogen) atoms. The highest BCUT2D eigenvalue weighted by Gasteiger charge is 2.25. The minimum absolute atomic E-state index is 0.464. The van der Waals surface area contributed by atoms with E-state index in [1.165, 1.54) is 69.4 Å². The number of nitrogens with zero attached hydrogens (tertiary/aromatic N) is 2. The summed E-state index contributed by atoms with van der Waals surface area (Å²) in [4.78, 5) is 0. The molecule has 158 valence electrons. The molecule has 0 bridgehead atoms. The second-order valence-electron chi connectivity index (χ2n) is 8.92. The van der Waals surface area contributed by atoms with Crippen molar-refractivity contribution in [1.82, 2.24) is 0 Å². The molecule has 2 aliphatic carbocycles. The largest absolute Gasteiger partial charge is 0.378 e. The van der Waals surface area contributed by atoms with E-state index >= 15 is 0 Å². The predicted octanol–water partition coefficient (Wildman–Crippen LogP) is 6.82. The molecule has 0 unspecified atom stereocenters. The van der Waals surface area contributed by atoms with Gasteiger partial charge in [-0.1, -0.05) is 30.4 Å². The van der Waals surface area contributed by atoms with Gasteiger partial charge in [0.2, 0.25) is 0 Å². The SMILES string of the molecule is N#CC=CC=CCCC1CCC(OCC2CCC(c3ccc(C#N)cc3)CC2)CC1. The van der Waals surface area contributed by atoms with Gasteiger partial charge in [0, 0.05) is 12.7 Å². The van der Waals surface area contributed by atoms with E-state index < -0.39 is 0 Å². The Bertz CT molecular complexity index is 765. The van der Waals surface area contributed by atoms with Crippen molar-refractivity contribution in [2.75, 3.05) is 6.61 Å². The standard InChI is InChI=1S/C27H34N2O/c28-19-5-3-1-2-4-6-22-11-17-27(18-12-22)30-21-24-9-15-26(16-10-24)25-13-7-23(20-29)8-14-25/h1-3,5,7-8,13-14,22,24,26-27H,4,6,9-12,15-18,21H2. The summed E-state index contributed by atoms with van der Waals surface area (Å²) in [6.07, 6.45) is 20.3. The molecule has 0 atom stereocenters. The first kappa shape index (κ1) is 22.3. The number of hydrogen-bond acceptors (Lipinski definition) is 3. The van der Waals surface area contributed by atoms with Crippen molar-refractivity contribution in [3.63, 3.8) is 0 Å². The summed E-state index contributed by atoms with van der Waals surface area (Å²) in [5.41, 5.74) is 2.14. The molecule has 3 heteroatoms. The van der Waals surface area contributed by atoms with Gasteiger partial charge in [0.1, 0.15) is 0 Å². The number of nitriles is 2. The van der Waals surface area contributed by atoms with Gasteiger partial charge in [0.05, 0.1) is 23.8 Å². The van der Waals surface area contributed by atoms with E-state index in [-0.39, 0.29) is 0 Å². The lowest BCUT2D eigenvalue weighted by Gasteiger charge is -2.32. The average Bonchev–Trinajstić information content (AvgIpc) is 2.81. The summed E-state index contributed by atoms with van der Waals surface area (Å²) < 4.78 is 6.32. The van der Waals surface area contributed by atoms with Crippen LogP contribution in [0.5, 0.6) is 0 Å². The maximum atomic E-state index is 8.95. The van der Waals surface area contributed by atoms with Crippen LogP contribution in [0.3, 0.4) is 0 Å². The van der Waals surface area contributed by atoms with Crippen molar-refractivity contribution in [3.05, 3.63) is 59.7 Å². The number of hydrogen-bond donors (Lipinski definition) is 0. The first-order valence-corrected chi connectivity index (χ1v) is 11.6. The molecule has 0 saturated heterocycles. The molecule has 0 amide bonds. The maximum absolute atomic E-state index is 8.95. The van der Waals surface area contributed by atoms with Gasteiger partial charge in [0.15, 0.2) is 0 Å². The molecule has 0 heterocycles. The number of rotatable bonds is 8. The van der Waals surface area contributed by atoms with Gasteiger partial charge in [-0.25, -0.2) is 0 Å². The monoisotopic (exact) mass is 402 g/mol. The summed E-state index contributed by atoms with van der Waals surface area (Å²) in [6, 6.07) is 12.4. The molecule has 2 saturated carbocycles. The third-order valence-electron chi connectivity index (χ3n) is 6.88. The highest BCUT2D eigenvalue weighted by Crippen LogP contribution is 2.37. The lowest BCUT2D eigenvalue weighted by Crippen LogP contribution is -2.25. The molecule has 0 N–H and O–H groups in total. The fraction of sp³-hybridized carbons (Fsp3) is 0.556. The zero-order chi connectivity index (χ0) is 21.0. The smallest absolute Gasteiger partial charge is 0.0991 e. The molecule has 1 aromatic rings. The van der Waals surface area contributed by atoms with Crippen molar-refractivity contribution in [2.24, 2.45) is 11.8 Å². The second kappa shape index (κ2) is 12.4. The molecule has 0 radical (unpaired) electrons. The number of allylic oxidation sites excluding steroid dienone is 4. The molecule has 2 aliphatic rings. The number of benzene rings is 1. The third kappa shape index (κ3) is 7.16. The summed E-state index contributed by atoms with van der Waals surface area (Å²) in [5.74, 6) is 2.19. The fourth-order valence-corrected chi connectivity index (χ4v) is 4.96. The lowest BCUT2D eigenvalue weighted by atomic mass is 9.79. The van der Waals surface area contributed by atoms with Crippen molar-refractivity contribution in [3.8, 4) is 12.1 Å². The van der Waals surface area contributed by atoms with Crippen molar-refractivity contribution in [1.29, 1.82) is 10.5 Å². The Morgan fingerprint density at radius 1 is 0.867 bits per heavy atom. The summed E-state index contributed by atoms with van der Waals surface area (Å²) in [5, 5.41) is 17.4. The summed E-state index contributed by atoms with van der Waals surface area (Å²) in [7, 11) is 0. The van der Waals surface area contributed by atoms with Crippen LogP contribution in [0.15, 0.2) is 48.6 Å². The van der Waals surface area contributed by atoms with Crippen LogP contribution in [0.4, 0.5) is 0 Å². The highest BCUT2D eigenvalue weighted by molar-refractivity contribution is 5.33. The Morgan fingerprint density at radius 2 is 1.57 bits per heavy atom. The molecular formula is C27H34N2O. The van der Waals surface area contributed by atoms with E-state index in [0.29, 0.717) is 17.9 Å². The summed E-state index contributed by atoms with van der Waals surface area (Å²) >= 11 is 0. The van der Waals surface area contributed by atoms with Crippen molar-refractivity contribution in [2.45, 2.75) is 76.2 Å². The Hall–Kier alpha value is -2.36. The number of ether oxygens (including phenoxy) is 1. The van der Waals surface area contributed by atoms with Crippen LogP contribution in [-0.4, -0.2) is 12.7 Å². The van der Waals surface area contributed by atoms with Crippen LogP contribution >= 0.6 is 0 Å². The molecule has 3 rings (SSSR count). The first-order chi connectivity index (χ1) is 14.8.